The summed E-state index contributed by atoms with van der Waals surface area (Å²) in [6, 6.07) is 83.7. The zero-order valence-electron chi connectivity index (χ0n) is 56.4. The molecule has 0 heterocycles. The third-order valence-corrected chi connectivity index (χ3v) is 18.2. The Morgan fingerprint density at radius 2 is 0.385 bits per heavy atom. The minimum atomic E-state index is -0.418. The average Bonchev–Trinajstić information content (AvgIpc) is 0.746. The van der Waals surface area contributed by atoms with Crippen LogP contribution in [0.3, 0.4) is 0 Å². The van der Waals surface area contributed by atoms with Crippen LogP contribution in [0.5, 0.6) is 69.0 Å². The first-order valence-electron chi connectivity index (χ1n) is 33.1. The predicted molar refractivity (Wildman–Crippen MR) is 399 cm³/mol. The van der Waals surface area contributed by atoms with E-state index in [1.807, 2.05) is 121 Å². The molecule has 0 spiro atoms. The van der Waals surface area contributed by atoms with Gasteiger partial charge in [-0.1, -0.05) is 72.8 Å². The quantitative estimate of drug-likeness (QED) is 0.0596. The molecule has 104 heavy (non-hydrogen) atoms. The summed E-state index contributed by atoms with van der Waals surface area (Å²) >= 11 is 0. The van der Waals surface area contributed by atoms with Crippen molar-refractivity contribution in [2.24, 2.45) is 0 Å². The minimum absolute atomic E-state index is 0.169. The van der Waals surface area contributed by atoms with E-state index in [-0.39, 0.29) is 23.1 Å². The van der Waals surface area contributed by atoms with E-state index in [2.05, 4.69) is 0 Å². The molecule has 15 aromatic carbocycles. The Bertz CT molecular complexity index is 5480. The van der Waals surface area contributed by atoms with Crippen molar-refractivity contribution in [1.29, 1.82) is 0 Å². The number of ketones is 4. The zero-order chi connectivity index (χ0) is 71.5. The van der Waals surface area contributed by atoms with Gasteiger partial charge >= 0.3 is 0 Å². The summed E-state index contributed by atoms with van der Waals surface area (Å²) in [5.41, 5.74) is 6.68. The molecule has 0 aliphatic rings. The van der Waals surface area contributed by atoms with Gasteiger partial charge in [-0.25, -0.2) is 8.78 Å². The standard InChI is InChI=1S/C90H60F2O12/c1-97-79-45-17-57-49-61(87(93)53-5-21-65(91)22-6-53)13-41-75(57)83(79)85-77-43-15-63(51-59(77)19-47-81(85)99-3)89(95)55-9-25-67(26-10-55)101-69-29-33-71(34-30-69)103-73-37-39-74(40-38-73)104-72-35-31-70(32-36-72)102-68-27-11-56(12-28-68)90(96)64-16-44-78-60(52-64)20-48-82(100-4)86(78)84-76-42-14-62(50-58(76)18-46-80(84)98-2)88(94)54-7-23-66(92)24-8-54/h5-52H,1-4H3. The van der Waals surface area contributed by atoms with E-state index < -0.39 is 11.6 Å². The first kappa shape index (κ1) is 66.2. The summed E-state index contributed by atoms with van der Waals surface area (Å²) < 4.78 is 75.7. The number of halogens is 2. The third kappa shape index (κ3) is 13.4. The summed E-state index contributed by atoms with van der Waals surface area (Å²) in [5.74, 6) is 5.36. The largest absolute Gasteiger partial charge is 0.496 e. The van der Waals surface area contributed by atoms with Crippen molar-refractivity contribution in [3.8, 4) is 91.2 Å². The van der Waals surface area contributed by atoms with Crippen molar-refractivity contribution in [2.75, 3.05) is 28.4 Å². The Morgan fingerprint density at radius 3 is 0.577 bits per heavy atom. The van der Waals surface area contributed by atoms with Gasteiger partial charge in [0.25, 0.3) is 0 Å². The SMILES string of the molecule is COc1ccc2cc(C(=O)c3ccc(F)cc3)ccc2c1-c1c(OC)ccc2cc(C(=O)c3ccc(Oc4ccc(Oc5ccc(Oc6ccc(Oc7ccc(C(=O)c8ccc9c(-c%10c(OC)ccc%11cc(C(=O)c%12ccc(F)cc%12)ccc%10%11)c(OC)ccc9c8)cc7)cc6)cc5)cc4)cc3)ccc12. The zero-order valence-corrected chi connectivity index (χ0v) is 56.4. The fraction of sp³-hybridized carbons (Fsp3) is 0.0444. The van der Waals surface area contributed by atoms with Crippen LogP contribution in [-0.4, -0.2) is 51.6 Å². The number of benzene rings is 15. The molecule has 0 amide bonds. The van der Waals surface area contributed by atoms with Crippen molar-refractivity contribution in [1.82, 2.24) is 0 Å². The van der Waals surface area contributed by atoms with Gasteiger partial charge in [0.2, 0.25) is 0 Å². The van der Waals surface area contributed by atoms with Gasteiger partial charge in [-0.15, -0.1) is 0 Å². The molecule has 0 atom stereocenters. The molecule has 0 fully saturated rings. The number of carbonyl (C=O) groups excluding carboxylic acids is 4. The predicted octanol–water partition coefficient (Wildman–Crippen LogP) is 22.0. The maximum atomic E-state index is 14.1. The van der Waals surface area contributed by atoms with Crippen molar-refractivity contribution < 1.29 is 65.9 Å². The van der Waals surface area contributed by atoms with Crippen LogP contribution in [0.1, 0.15) is 63.7 Å². The number of rotatable bonds is 22. The van der Waals surface area contributed by atoms with E-state index in [9.17, 15) is 28.0 Å². The molecule has 0 saturated heterocycles. The highest BCUT2D eigenvalue weighted by atomic mass is 19.1. The van der Waals surface area contributed by atoms with E-state index in [1.165, 1.54) is 48.5 Å². The Kier molecular flexibility index (Phi) is 18.1. The summed E-state index contributed by atoms with van der Waals surface area (Å²) in [7, 11) is 6.41. The highest BCUT2D eigenvalue weighted by molar-refractivity contribution is 6.18. The van der Waals surface area contributed by atoms with E-state index >= 15 is 0 Å². The molecule has 15 rings (SSSR count). The van der Waals surface area contributed by atoms with Crippen LogP contribution >= 0.6 is 0 Å². The first-order valence-corrected chi connectivity index (χ1v) is 33.1. The van der Waals surface area contributed by atoms with Gasteiger partial charge in [0.1, 0.15) is 80.6 Å². The van der Waals surface area contributed by atoms with Crippen molar-refractivity contribution >= 4 is 66.2 Å². The molecule has 0 aromatic heterocycles. The fourth-order valence-corrected chi connectivity index (χ4v) is 13.0. The molecule has 14 heteroatoms. The average molecular weight is 1370 g/mol. The van der Waals surface area contributed by atoms with Gasteiger partial charge < -0.3 is 37.9 Å². The minimum Gasteiger partial charge on any atom is -0.496 e. The second-order valence-electron chi connectivity index (χ2n) is 24.5. The Morgan fingerprint density at radius 1 is 0.212 bits per heavy atom. The molecule has 0 aliphatic heterocycles. The van der Waals surface area contributed by atoms with Gasteiger partial charge in [-0.3, -0.25) is 19.2 Å². The highest BCUT2D eigenvalue weighted by Gasteiger charge is 2.24. The molecule has 506 valence electrons. The molecule has 0 saturated carbocycles. The summed E-state index contributed by atoms with van der Waals surface area (Å²) in [6.07, 6.45) is 0. The van der Waals surface area contributed by atoms with Gasteiger partial charge in [0, 0.05) is 66.8 Å². The number of ether oxygens (including phenoxy) is 8. The van der Waals surface area contributed by atoms with Crippen LogP contribution < -0.4 is 37.9 Å². The van der Waals surface area contributed by atoms with Gasteiger partial charge in [0.15, 0.2) is 23.1 Å². The van der Waals surface area contributed by atoms with Gasteiger partial charge in [-0.2, -0.15) is 0 Å². The second kappa shape index (κ2) is 28.5. The number of methoxy groups -OCH3 is 4. The van der Waals surface area contributed by atoms with Crippen LogP contribution in [0.4, 0.5) is 8.78 Å². The van der Waals surface area contributed by atoms with Crippen LogP contribution in [-0.2, 0) is 0 Å². The van der Waals surface area contributed by atoms with E-state index in [0.717, 1.165) is 65.3 Å². The van der Waals surface area contributed by atoms with Crippen LogP contribution in [0.2, 0.25) is 0 Å². The third-order valence-electron chi connectivity index (χ3n) is 18.2. The topological polar surface area (TPSA) is 142 Å². The monoisotopic (exact) mass is 1370 g/mol. The van der Waals surface area contributed by atoms with Crippen molar-refractivity contribution in [2.45, 2.75) is 0 Å². The lowest BCUT2D eigenvalue weighted by Crippen LogP contribution is -2.02. The molecule has 15 aromatic rings. The lowest BCUT2D eigenvalue weighted by atomic mass is 9.90. The Balaban J connectivity index is 0.548. The van der Waals surface area contributed by atoms with Crippen molar-refractivity contribution in [3.63, 3.8) is 0 Å². The Labute approximate surface area is 596 Å². The van der Waals surface area contributed by atoms with Crippen molar-refractivity contribution in [3.05, 3.63) is 347 Å². The lowest BCUT2D eigenvalue weighted by Gasteiger charge is -2.18. The van der Waals surface area contributed by atoms with E-state index in [1.54, 1.807) is 150 Å². The molecule has 0 bridgehead atoms. The summed E-state index contributed by atoms with van der Waals surface area (Å²) in [5, 5.41) is 6.50. The molecule has 0 radical (unpaired) electrons. The first-order chi connectivity index (χ1) is 50.8. The molecule has 0 unspecified atom stereocenters. The molecule has 12 nitrogen and oxygen atoms in total. The Hall–Kier alpha value is -13.7. The van der Waals surface area contributed by atoms with E-state index in [4.69, 9.17) is 37.9 Å². The summed E-state index contributed by atoms with van der Waals surface area (Å²) in [6.45, 7) is 0. The van der Waals surface area contributed by atoms with Crippen LogP contribution in [0.15, 0.2) is 291 Å². The molecule has 0 N–H and O–H groups in total. The van der Waals surface area contributed by atoms with Crippen LogP contribution in [0.25, 0.3) is 65.3 Å². The van der Waals surface area contributed by atoms with E-state index in [0.29, 0.717) is 114 Å². The number of fused-ring (bicyclic) bond motifs is 4. The lowest BCUT2D eigenvalue weighted by molar-refractivity contribution is 0.103. The number of hydrogen-bond acceptors (Lipinski definition) is 12. The normalized spacial score (nSPS) is 11.1. The highest BCUT2D eigenvalue weighted by Crippen LogP contribution is 2.48. The van der Waals surface area contributed by atoms with Gasteiger partial charge in [-0.05, 0) is 261 Å². The summed E-state index contributed by atoms with van der Waals surface area (Å²) in [4.78, 5) is 55.0. The molecular weight excluding hydrogens is 1310 g/mol. The van der Waals surface area contributed by atoms with Crippen LogP contribution in [0, 0.1) is 11.6 Å². The smallest absolute Gasteiger partial charge is 0.193 e. The molecular formula is C90H60F2O12. The maximum absolute atomic E-state index is 14.1. The van der Waals surface area contributed by atoms with Gasteiger partial charge in [0.05, 0.1) is 28.4 Å². The number of carbonyl (C=O) groups is 4. The maximum Gasteiger partial charge on any atom is 0.193 e. The second-order valence-corrected chi connectivity index (χ2v) is 24.5. The fourth-order valence-electron chi connectivity index (χ4n) is 13.0. The molecule has 0 aliphatic carbocycles. The number of hydrogen-bond donors (Lipinski definition) is 0.